The maximum Gasteiger partial charge on any atom is 0.318 e. The summed E-state index contributed by atoms with van der Waals surface area (Å²) in [5.41, 5.74) is 2.60. The summed E-state index contributed by atoms with van der Waals surface area (Å²) < 4.78 is 16.0. The van der Waals surface area contributed by atoms with Gasteiger partial charge in [0.25, 0.3) is 0 Å². The first-order valence-corrected chi connectivity index (χ1v) is 8.41. The second-order valence-corrected chi connectivity index (χ2v) is 6.07. The Morgan fingerprint density at radius 2 is 2.27 bits per heavy atom. The number of aromatic nitrogens is 1. The van der Waals surface area contributed by atoms with Crippen molar-refractivity contribution in [2.24, 2.45) is 0 Å². The minimum Gasteiger partial charge on any atom is -0.497 e. The number of carbonyl (C=O) groups is 1. The summed E-state index contributed by atoms with van der Waals surface area (Å²) in [7, 11) is 1.63. The molecule has 0 radical (unpaired) electrons. The number of hydrogen-bond donors (Lipinski definition) is 1. The number of benzene rings is 1. The molecule has 7 heteroatoms. The van der Waals surface area contributed by atoms with Crippen molar-refractivity contribution >= 4 is 6.03 Å². The molecule has 4 rings (SSSR count). The summed E-state index contributed by atoms with van der Waals surface area (Å²) in [6.07, 6.45) is 2.23. The average molecular weight is 353 g/mol. The monoisotopic (exact) mass is 353 g/mol. The molecule has 2 aromatic heterocycles. The van der Waals surface area contributed by atoms with Gasteiger partial charge in [-0.1, -0.05) is 17.3 Å². The van der Waals surface area contributed by atoms with Crippen LogP contribution in [0.2, 0.25) is 0 Å². The van der Waals surface area contributed by atoms with Crippen LogP contribution in [0.1, 0.15) is 17.1 Å². The van der Waals surface area contributed by atoms with Gasteiger partial charge in [0.15, 0.2) is 0 Å². The molecule has 0 saturated heterocycles. The Labute approximate surface area is 150 Å². The van der Waals surface area contributed by atoms with Crippen molar-refractivity contribution in [3.8, 4) is 17.0 Å². The second-order valence-electron chi connectivity index (χ2n) is 6.07. The molecule has 2 amide bonds. The van der Waals surface area contributed by atoms with Crippen LogP contribution in [0.25, 0.3) is 11.3 Å². The molecular weight excluding hydrogens is 334 g/mol. The van der Waals surface area contributed by atoms with Crippen molar-refractivity contribution in [3.05, 3.63) is 59.7 Å². The standard InChI is InChI=1S/C19H19N3O4/c1-24-14-5-2-4-13(10-14)18-16-12-22(8-7-17(16)26-21-18)19(23)20-11-15-6-3-9-25-15/h2-6,9-10H,7-8,11-12H2,1H3,(H,20,23). The van der Waals surface area contributed by atoms with Gasteiger partial charge in [-0.3, -0.25) is 0 Å². The number of fused-ring (bicyclic) bond motifs is 1. The normalized spacial score (nSPS) is 13.3. The van der Waals surface area contributed by atoms with Gasteiger partial charge in [0, 0.05) is 24.1 Å². The van der Waals surface area contributed by atoms with Crippen LogP contribution in [0.3, 0.4) is 0 Å². The van der Waals surface area contributed by atoms with Gasteiger partial charge in [0.05, 0.1) is 26.5 Å². The van der Waals surface area contributed by atoms with Crippen LogP contribution >= 0.6 is 0 Å². The van der Waals surface area contributed by atoms with E-state index in [4.69, 9.17) is 13.7 Å². The summed E-state index contributed by atoms with van der Waals surface area (Å²) in [5.74, 6) is 2.30. The molecule has 0 unspecified atom stereocenters. The van der Waals surface area contributed by atoms with E-state index in [0.717, 1.165) is 34.1 Å². The zero-order valence-corrected chi connectivity index (χ0v) is 14.4. The number of nitrogens with one attached hydrogen (secondary N) is 1. The molecule has 3 aromatic rings. The summed E-state index contributed by atoms with van der Waals surface area (Å²) >= 11 is 0. The summed E-state index contributed by atoms with van der Waals surface area (Å²) in [4.78, 5) is 14.2. The molecule has 134 valence electrons. The Hall–Kier alpha value is -3.22. The van der Waals surface area contributed by atoms with Gasteiger partial charge in [0.1, 0.15) is 23.0 Å². The largest absolute Gasteiger partial charge is 0.497 e. The molecule has 0 saturated carbocycles. The van der Waals surface area contributed by atoms with E-state index in [1.165, 1.54) is 0 Å². The number of nitrogens with zero attached hydrogens (tertiary/aromatic N) is 2. The molecule has 0 spiro atoms. The van der Waals surface area contributed by atoms with E-state index in [2.05, 4.69) is 10.5 Å². The third-order valence-electron chi connectivity index (χ3n) is 4.45. The van der Waals surface area contributed by atoms with Crippen molar-refractivity contribution in [1.29, 1.82) is 0 Å². The Morgan fingerprint density at radius 1 is 1.35 bits per heavy atom. The molecule has 0 atom stereocenters. The van der Waals surface area contributed by atoms with Gasteiger partial charge in [-0.25, -0.2) is 4.79 Å². The second kappa shape index (κ2) is 6.95. The smallest absolute Gasteiger partial charge is 0.318 e. The van der Waals surface area contributed by atoms with E-state index in [0.29, 0.717) is 26.1 Å². The number of amides is 2. The van der Waals surface area contributed by atoms with Crippen molar-refractivity contribution in [1.82, 2.24) is 15.4 Å². The van der Waals surface area contributed by atoms with Crippen LogP contribution in [0.5, 0.6) is 5.75 Å². The Morgan fingerprint density at radius 3 is 3.08 bits per heavy atom. The molecular formula is C19H19N3O4. The first-order chi connectivity index (χ1) is 12.7. The molecule has 1 aliphatic heterocycles. The molecule has 0 bridgehead atoms. The van der Waals surface area contributed by atoms with Crippen molar-refractivity contribution in [2.45, 2.75) is 19.5 Å². The quantitative estimate of drug-likeness (QED) is 0.779. The number of urea groups is 1. The van der Waals surface area contributed by atoms with Gasteiger partial charge in [0.2, 0.25) is 0 Å². The Balaban J connectivity index is 1.50. The summed E-state index contributed by atoms with van der Waals surface area (Å²) in [6.45, 7) is 1.40. The molecule has 1 aromatic carbocycles. The Bertz CT molecular complexity index is 901. The van der Waals surface area contributed by atoms with E-state index < -0.39 is 0 Å². The Kier molecular flexibility index (Phi) is 4.35. The van der Waals surface area contributed by atoms with E-state index >= 15 is 0 Å². The van der Waals surface area contributed by atoms with Crippen LogP contribution in [0, 0.1) is 0 Å². The molecule has 26 heavy (non-hydrogen) atoms. The number of hydrogen-bond acceptors (Lipinski definition) is 5. The zero-order chi connectivity index (χ0) is 17.9. The number of carbonyl (C=O) groups excluding carboxylic acids is 1. The van der Waals surface area contributed by atoms with Gasteiger partial charge >= 0.3 is 6.03 Å². The van der Waals surface area contributed by atoms with Gasteiger partial charge in [-0.05, 0) is 24.3 Å². The lowest BCUT2D eigenvalue weighted by molar-refractivity contribution is 0.187. The molecule has 3 heterocycles. The van der Waals surface area contributed by atoms with E-state index in [9.17, 15) is 4.79 Å². The van der Waals surface area contributed by atoms with Crippen LogP contribution in [-0.4, -0.2) is 29.7 Å². The predicted molar refractivity (Wildman–Crippen MR) is 93.5 cm³/mol. The van der Waals surface area contributed by atoms with E-state index in [1.807, 2.05) is 30.3 Å². The fourth-order valence-corrected chi connectivity index (χ4v) is 3.07. The highest BCUT2D eigenvalue weighted by molar-refractivity contribution is 5.75. The number of methoxy groups -OCH3 is 1. The van der Waals surface area contributed by atoms with Gasteiger partial charge in [-0.2, -0.15) is 0 Å². The highest BCUT2D eigenvalue weighted by Gasteiger charge is 2.27. The number of furan rings is 1. The summed E-state index contributed by atoms with van der Waals surface area (Å²) in [6, 6.07) is 11.1. The van der Waals surface area contributed by atoms with Crippen molar-refractivity contribution in [2.75, 3.05) is 13.7 Å². The minimum atomic E-state index is -0.134. The first kappa shape index (κ1) is 16.3. The van der Waals surface area contributed by atoms with E-state index in [1.54, 1.807) is 24.3 Å². The molecule has 1 N–H and O–H groups in total. The van der Waals surface area contributed by atoms with Gasteiger partial charge in [-0.15, -0.1) is 0 Å². The fraction of sp³-hybridized carbons (Fsp3) is 0.263. The third-order valence-corrected chi connectivity index (χ3v) is 4.45. The molecule has 7 nitrogen and oxygen atoms in total. The lowest BCUT2D eigenvalue weighted by atomic mass is 10.0. The highest BCUT2D eigenvalue weighted by Crippen LogP contribution is 2.31. The SMILES string of the molecule is COc1cccc(-c2noc3c2CN(C(=O)NCc2ccco2)CC3)c1. The highest BCUT2D eigenvalue weighted by atomic mass is 16.5. The molecule has 0 aliphatic carbocycles. The topological polar surface area (TPSA) is 80.7 Å². The summed E-state index contributed by atoms with van der Waals surface area (Å²) in [5, 5.41) is 7.10. The fourth-order valence-electron chi connectivity index (χ4n) is 3.07. The van der Waals surface area contributed by atoms with Gasteiger partial charge < -0.3 is 23.9 Å². The lowest BCUT2D eigenvalue weighted by Crippen LogP contribution is -2.42. The first-order valence-electron chi connectivity index (χ1n) is 8.41. The predicted octanol–water partition coefficient (Wildman–Crippen LogP) is 3.21. The maximum absolute atomic E-state index is 12.5. The van der Waals surface area contributed by atoms with Crippen LogP contribution in [-0.2, 0) is 19.5 Å². The van der Waals surface area contributed by atoms with Crippen molar-refractivity contribution in [3.63, 3.8) is 0 Å². The third kappa shape index (κ3) is 3.15. The number of ether oxygens (including phenoxy) is 1. The lowest BCUT2D eigenvalue weighted by Gasteiger charge is -2.26. The zero-order valence-electron chi connectivity index (χ0n) is 14.4. The minimum absolute atomic E-state index is 0.134. The number of rotatable bonds is 4. The van der Waals surface area contributed by atoms with E-state index in [-0.39, 0.29) is 6.03 Å². The van der Waals surface area contributed by atoms with Crippen molar-refractivity contribution < 1.29 is 18.5 Å². The van der Waals surface area contributed by atoms with Crippen LogP contribution < -0.4 is 10.1 Å². The van der Waals surface area contributed by atoms with Crippen LogP contribution in [0.4, 0.5) is 4.79 Å². The maximum atomic E-state index is 12.5. The molecule has 0 fully saturated rings. The van der Waals surface area contributed by atoms with Crippen LogP contribution in [0.15, 0.2) is 51.6 Å². The molecule has 1 aliphatic rings. The average Bonchev–Trinajstić information content (AvgIpc) is 3.35.